The second-order valence-corrected chi connectivity index (χ2v) is 6.55. The molecule has 1 amide bonds. The highest BCUT2D eigenvalue weighted by atomic mass is 35.5. The summed E-state index contributed by atoms with van der Waals surface area (Å²) < 4.78 is 38.1. The van der Waals surface area contributed by atoms with Crippen LogP contribution in [0, 0.1) is 6.92 Å². The molecule has 0 spiro atoms. The predicted octanol–water partition coefficient (Wildman–Crippen LogP) is 5.54. The SMILES string of the molecule is Cc1ccccc1CSCC(=O)Nc1cc(C(F)(F)F)ccc1Cl. The quantitative estimate of drug-likeness (QED) is 0.745. The Balaban J connectivity index is 1.94. The topological polar surface area (TPSA) is 29.1 Å². The minimum absolute atomic E-state index is 0.0343. The number of rotatable bonds is 5. The van der Waals surface area contributed by atoms with E-state index in [1.54, 1.807) is 0 Å². The number of nitrogens with one attached hydrogen (secondary N) is 1. The molecule has 0 saturated carbocycles. The molecule has 0 aliphatic rings. The zero-order valence-electron chi connectivity index (χ0n) is 12.8. The van der Waals surface area contributed by atoms with Gasteiger partial charge >= 0.3 is 6.18 Å². The van der Waals surface area contributed by atoms with Gasteiger partial charge in [-0.3, -0.25) is 4.79 Å². The van der Waals surface area contributed by atoms with Crippen molar-refractivity contribution in [3.8, 4) is 0 Å². The molecule has 2 nitrogen and oxygen atoms in total. The number of aryl methyl sites for hydroxylation is 1. The van der Waals surface area contributed by atoms with Crippen LogP contribution in [0.2, 0.25) is 5.02 Å². The van der Waals surface area contributed by atoms with Gasteiger partial charge in [-0.25, -0.2) is 0 Å². The average molecular weight is 374 g/mol. The molecule has 7 heteroatoms. The molecule has 1 N–H and O–H groups in total. The van der Waals surface area contributed by atoms with Gasteiger partial charge in [0.1, 0.15) is 0 Å². The first-order valence-electron chi connectivity index (χ1n) is 7.06. The van der Waals surface area contributed by atoms with Crippen LogP contribution < -0.4 is 5.32 Å². The van der Waals surface area contributed by atoms with Gasteiger partial charge in [-0.15, -0.1) is 11.8 Å². The van der Waals surface area contributed by atoms with Crippen molar-refractivity contribution in [3.05, 3.63) is 64.2 Å². The number of alkyl halides is 3. The Hall–Kier alpha value is -1.66. The van der Waals surface area contributed by atoms with Crippen LogP contribution in [0.1, 0.15) is 16.7 Å². The minimum atomic E-state index is -4.48. The molecule has 0 fully saturated rings. The molecule has 0 atom stereocenters. The molecule has 2 aromatic rings. The molecule has 0 aliphatic carbocycles. The molecule has 0 unspecified atom stereocenters. The average Bonchev–Trinajstić information content (AvgIpc) is 2.50. The standard InChI is InChI=1S/C17H15ClF3NOS/c1-11-4-2-3-5-12(11)9-24-10-16(23)22-15-8-13(17(19,20)21)6-7-14(15)18/h2-8H,9-10H2,1H3,(H,22,23). The molecule has 2 aromatic carbocycles. The summed E-state index contributed by atoms with van der Waals surface area (Å²) in [6, 6.07) is 10.7. The maximum Gasteiger partial charge on any atom is 0.416 e. The number of anilines is 1. The number of halogens is 4. The lowest BCUT2D eigenvalue weighted by atomic mass is 10.1. The van der Waals surface area contributed by atoms with E-state index in [-0.39, 0.29) is 16.5 Å². The van der Waals surface area contributed by atoms with E-state index in [2.05, 4.69) is 5.32 Å². The van der Waals surface area contributed by atoms with Crippen LogP contribution in [0.25, 0.3) is 0 Å². The number of carbonyl (C=O) groups is 1. The van der Waals surface area contributed by atoms with Crippen molar-refractivity contribution in [3.63, 3.8) is 0 Å². The van der Waals surface area contributed by atoms with Gasteiger partial charge in [-0.2, -0.15) is 13.2 Å². The molecule has 0 aromatic heterocycles. The molecule has 0 bridgehead atoms. The normalized spacial score (nSPS) is 11.4. The Labute approximate surface area is 147 Å². The lowest BCUT2D eigenvalue weighted by Crippen LogP contribution is -2.15. The van der Waals surface area contributed by atoms with E-state index in [9.17, 15) is 18.0 Å². The van der Waals surface area contributed by atoms with Crippen molar-refractivity contribution < 1.29 is 18.0 Å². The van der Waals surface area contributed by atoms with Gasteiger partial charge in [0.15, 0.2) is 0 Å². The van der Waals surface area contributed by atoms with Gasteiger partial charge in [-0.1, -0.05) is 35.9 Å². The van der Waals surface area contributed by atoms with Crippen LogP contribution in [0.3, 0.4) is 0 Å². The third kappa shape index (κ3) is 5.18. The van der Waals surface area contributed by atoms with Crippen molar-refractivity contribution in [1.29, 1.82) is 0 Å². The summed E-state index contributed by atoms with van der Waals surface area (Å²) >= 11 is 7.24. The van der Waals surface area contributed by atoms with Gasteiger partial charge in [0.2, 0.25) is 5.91 Å². The van der Waals surface area contributed by atoms with E-state index in [1.807, 2.05) is 31.2 Å². The maximum absolute atomic E-state index is 12.7. The van der Waals surface area contributed by atoms with Crippen LogP contribution in [-0.2, 0) is 16.7 Å². The highest BCUT2D eigenvalue weighted by Crippen LogP contribution is 2.33. The second-order valence-electron chi connectivity index (χ2n) is 5.16. The Morgan fingerprint density at radius 3 is 2.58 bits per heavy atom. The second kappa shape index (κ2) is 7.94. The summed E-state index contributed by atoms with van der Waals surface area (Å²) in [7, 11) is 0. The third-order valence-corrected chi connectivity index (χ3v) is 4.63. The van der Waals surface area contributed by atoms with E-state index < -0.39 is 17.6 Å². The maximum atomic E-state index is 12.7. The summed E-state index contributed by atoms with van der Waals surface area (Å²) in [5, 5.41) is 2.50. The van der Waals surface area contributed by atoms with Crippen molar-refractivity contribution in [2.75, 3.05) is 11.1 Å². The summed E-state index contributed by atoms with van der Waals surface area (Å²) in [4.78, 5) is 11.9. The zero-order chi connectivity index (χ0) is 17.7. The number of carbonyl (C=O) groups excluding carboxylic acids is 1. The van der Waals surface area contributed by atoms with Crippen LogP contribution >= 0.6 is 23.4 Å². The molecule has 128 valence electrons. The van der Waals surface area contributed by atoms with Crippen molar-refractivity contribution in [2.45, 2.75) is 18.9 Å². The zero-order valence-corrected chi connectivity index (χ0v) is 14.4. The molecule has 2 rings (SSSR count). The van der Waals surface area contributed by atoms with Crippen LogP contribution in [0.4, 0.5) is 18.9 Å². The van der Waals surface area contributed by atoms with Gasteiger partial charge in [0.25, 0.3) is 0 Å². The Morgan fingerprint density at radius 1 is 1.21 bits per heavy atom. The molecule has 0 heterocycles. The van der Waals surface area contributed by atoms with E-state index in [0.29, 0.717) is 5.75 Å². The lowest BCUT2D eigenvalue weighted by Gasteiger charge is -2.11. The summed E-state index contributed by atoms with van der Waals surface area (Å²) in [6.45, 7) is 1.98. The van der Waals surface area contributed by atoms with E-state index in [1.165, 1.54) is 11.8 Å². The van der Waals surface area contributed by atoms with Crippen molar-refractivity contribution in [1.82, 2.24) is 0 Å². The minimum Gasteiger partial charge on any atom is -0.324 e. The Bertz CT molecular complexity index is 734. The first-order valence-corrected chi connectivity index (χ1v) is 8.59. The Morgan fingerprint density at radius 2 is 1.92 bits per heavy atom. The van der Waals surface area contributed by atoms with Crippen LogP contribution in [0.5, 0.6) is 0 Å². The van der Waals surface area contributed by atoms with Gasteiger partial charge in [0.05, 0.1) is 22.0 Å². The van der Waals surface area contributed by atoms with E-state index >= 15 is 0 Å². The molecular weight excluding hydrogens is 359 g/mol. The number of hydrogen-bond acceptors (Lipinski definition) is 2. The van der Waals surface area contributed by atoms with Gasteiger partial charge < -0.3 is 5.32 Å². The largest absolute Gasteiger partial charge is 0.416 e. The van der Waals surface area contributed by atoms with E-state index in [4.69, 9.17) is 11.6 Å². The highest BCUT2D eigenvalue weighted by molar-refractivity contribution is 7.99. The highest BCUT2D eigenvalue weighted by Gasteiger charge is 2.31. The summed E-state index contributed by atoms with van der Waals surface area (Å²) in [5.41, 5.74) is 1.36. The number of benzene rings is 2. The van der Waals surface area contributed by atoms with Crippen molar-refractivity contribution in [2.24, 2.45) is 0 Å². The molecule has 0 radical (unpaired) electrons. The van der Waals surface area contributed by atoms with E-state index in [0.717, 1.165) is 29.3 Å². The Kier molecular flexibility index (Phi) is 6.18. The van der Waals surface area contributed by atoms with Gasteiger partial charge in [-0.05, 0) is 36.2 Å². The number of amides is 1. The monoisotopic (exact) mass is 373 g/mol. The lowest BCUT2D eigenvalue weighted by molar-refractivity contribution is -0.137. The fourth-order valence-corrected chi connectivity index (χ4v) is 3.08. The molecule has 24 heavy (non-hydrogen) atoms. The fraction of sp³-hybridized carbons (Fsp3) is 0.235. The van der Waals surface area contributed by atoms with Gasteiger partial charge in [0, 0.05) is 5.75 Å². The first-order chi connectivity index (χ1) is 11.3. The smallest absolute Gasteiger partial charge is 0.324 e. The predicted molar refractivity (Wildman–Crippen MR) is 92.4 cm³/mol. The van der Waals surface area contributed by atoms with Crippen molar-refractivity contribution >= 4 is 35.0 Å². The summed E-state index contributed by atoms with van der Waals surface area (Å²) in [6.07, 6.45) is -4.48. The fourth-order valence-electron chi connectivity index (χ4n) is 2.01. The molecule has 0 aliphatic heterocycles. The number of thioether (sulfide) groups is 1. The third-order valence-electron chi connectivity index (χ3n) is 3.32. The van der Waals surface area contributed by atoms with Crippen LogP contribution in [0.15, 0.2) is 42.5 Å². The molecule has 0 saturated heterocycles. The summed E-state index contributed by atoms with van der Waals surface area (Å²) in [5.74, 6) is 0.381. The van der Waals surface area contributed by atoms with Crippen LogP contribution in [-0.4, -0.2) is 11.7 Å². The molecular formula is C17H15ClF3NOS. The first kappa shape index (κ1) is 18.7. The number of hydrogen-bond donors (Lipinski definition) is 1.